The lowest BCUT2D eigenvalue weighted by Crippen LogP contribution is -2.50. The number of guanidine groups is 1. The Bertz CT molecular complexity index is 219. The van der Waals surface area contributed by atoms with Crippen LogP contribution in [-0.2, 0) is 0 Å². The van der Waals surface area contributed by atoms with Crippen LogP contribution in [0.25, 0.3) is 0 Å². The van der Waals surface area contributed by atoms with Crippen molar-refractivity contribution in [2.45, 2.75) is 19.4 Å². The maximum Gasteiger partial charge on any atom is 0.191 e. The summed E-state index contributed by atoms with van der Waals surface area (Å²) in [5.74, 6) is 0.810. The topological polar surface area (TPSA) is 39.7 Å². The van der Waals surface area contributed by atoms with Crippen LogP contribution in [0.5, 0.6) is 0 Å². The minimum atomic E-state index is 0.103. The molecule has 0 radical (unpaired) electrons. The van der Waals surface area contributed by atoms with Gasteiger partial charge in [-0.1, -0.05) is 6.08 Å². The van der Waals surface area contributed by atoms with Crippen molar-refractivity contribution in [2.24, 2.45) is 4.99 Å². The summed E-state index contributed by atoms with van der Waals surface area (Å²) in [4.78, 5) is 6.30. The zero-order chi connectivity index (χ0) is 11.9. The van der Waals surface area contributed by atoms with E-state index in [1.165, 1.54) is 0 Å². The molecule has 0 aliphatic rings. The molecule has 0 rings (SSSR count). The van der Waals surface area contributed by atoms with Crippen molar-refractivity contribution in [3.05, 3.63) is 12.7 Å². The summed E-state index contributed by atoms with van der Waals surface area (Å²) < 4.78 is 0. The van der Waals surface area contributed by atoms with E-state index < -0.39 is 0 Å². The largest absolute Gasteiger partial charge is 0.355 e. The van der Waals surface area contributed by atoms with E-state index in [0.717, 1.165) is 19.0 Å². The van der Waals surface area contributed by atoms with Gasteiger partial charge in [-0.3, -0.25) is 4.99 Å². The summed E-state index contributed by atoms with van der Waals surface area (Å²) >= 11 is 0. The lowest BCUT2D eigenvalue weighted by atomic mass is 10.0. The molecule has 4 heteroatoms. The van der Waals surface area contributed by atoms with Crippen LogP contribution in [0.15, 0.2) is 17.6 Å². The number of nitrogens with zero attached hydrogens (tertiary/aromatic N) is 2. The monoisotopic (exact) mass is 212 g/mol. The lowest BCUT2D eigenvalue weighted by Gasteiger charge is -2.33. The Kier molecular flexibility index (Phi) is 6.01. The van der Waals surface area contributed by atoms with Crippen molar-refractivity contribution in [1.29, 1.82) is 0 Å². The van der Waals surface area contributed by atoms with Crippen molar-refractivity contribution in [3.63, 3.8) is 0 Å². The van der Waals surface area contributed by atoms with Crippen LogP contribution >= 0.6 is 0 Å². The molecule has 0 saturated heterocycles. The van der Waals surface area contributed by atoms with E-state index in [4.69, 9.17) is 0 Å². The first-order chi connectivity index (χ1) is 6.94. The Hall–Kier alpha value is -1.03. The number of rotatable bonds is 5. The zero-order valence-electron chi connectivity index (χ0n) is 10.6. The van der Waals surface area contributed by atoms with Gasteiger partial charge >= 0.3 is 0 Å². The molecule has 0 saturated carbocycles. The molecule has 2 N–H and O–H groups in total. The zero-order valence-corrected chi connectivity index (χ0v) is 10.6. The van der Waals surface area contributed by atoms with Gasteiger partial charge in [0.2, 0.25) is 0 Å². The fourth-order valence-corrected chi connectivity index (χ4v) is 0.848. The number of hydrogen-bond donors (Lipinski definition) is 2. The average molecular weight is 212 g/mol. The van der Waals surface area contributed by atoms with Gasteiger partial charge in [0.1, 0.15) is 0 Å². The highest BCUT2D eigenvalue weighted by atomic mass is 15.2. The van der Waals surface area contributed by atoms with Gasteiger partial charge in [-0.05, 0) is 27.9 Å². The Morgan fingerprint density at radius 3 is 2.40 bits per heavy atom. The third kappa shape index (κ3) is 5.42. The quantitative estimate of drug-likeness (QED) is 0.400. The minimum absolute atomic E-state index is 0.103. The van der Waals surface area contributed by atoms with Gasteiger partial charge in [0.25, 0.3) is 0 Å². The van der Waals surface area contributed by atoms with E-state index in [9.17, 15) is 0 Å². The van der Waals surface area contributed by atoms with E-state index >= 15 is 0 Å². The van der Waals surface area contributed by atoms with Crippen LogP contribution in [0, 0.1) is 0 Å². The van der Waals surface area contributed by atoms with Crippen LogP contribution in [0.3, 0.4) is 0 Å². The highest BCUT2D eigenvalue weighted by Gasteiger charge is 2.20. The fraction of sp³-hybridized carbons (Fsp3) is 0.727. The Morgan fingerprint density at radius 2 is 2.00 bits per heavy atom. The predicted molar refractivity (Wildman–Crippen MR) is 67.3 cm³/mol. The van der Waals surface area contributed by atoms with Gasteiger partial charge in [-0.2, -0.15) is 0 Å². The maximum atomic E-state index is 4.12. The molecule has 0 amide bonds. The van der Waals surface area contributed by atoms with E-state index in [0.29, 0.717) is 0 Å². The van der Waals surface area contributed by atoms with E-state index in [-0.39, 0.29) is 5.54 Å². The minimum Gasteiger partial charge on any atom is -0.355 e. The van der Waals surface area contributed by atoms with Gasteiger partial charge in [-0.15, -0.1) is 6.58 Å². The molecule has 15 heavy (non-hydrogen) atoms. The molecule has 88 valence electrons. The predicted octanol–water partition coefficient (Wildman–Crippen LogP) is 0.678. The molecule has 0 aromatic carbocycles. The second kappa shape index (κ2) is 6.45. The lowest BCUT2D eigenvalue weighted by molar-refractivity contribution is 0.197. The fourth-order valence-electron chi connectivity index (χ4n) is 0.848. The first-order valence-corrected chi connectivity index (χ1v) is 5.17. The molecule has 0 aliphatic carbocycles. The summed E-state index contributed by atoms with van der Waals surface area (Å²) in [5, 5.41) is 6.41. The third-order valence-corrected chi connectivity index (χ3v) is 2.54. The molecule has 0 aromatic heterocycles. The highest BCUT2D eigenvalue weighted by Crippen LogP contribution is 2.07. The number of hydrogen-bond acceptors (Lipinski definition) is 2. The SMILES string of the molecule is C=CCNC(=NC)NCC(C)(C)N(C)C. The highest BCUT2D eigenvalue weighted by molar-refractivity contribution is 5.79. The molecular formula is C11H24N4. The van der Waals surface area contributed by atoms with Crippen LogP contribution in [-0.4, -0.2) is 50.6 Å². The molecule has 0 bridgehead atoms. The number of likely N-dealkylation sites (N-methyl/N-ethyl adjacent to an activating group) is 1. The molecule has 4 nitrogen and oxygen atoms in total. The van der Waals surface area contributed by atoms with Crippen LogP contribution < -0.4 is 10.6 Å². The van der Waals surface area contributed by atoms with E-state index in [1.807, 2.05) is 6.08 Å². The Balaban J connectivity index is 4.06. The van der Waals surface area contributed by atoms with E-state index in [2.05, 4.69) is 55.0 Å². The van der Waals surface area contributed by atoms with Crippen LogP contribution in [0.1, 0.15) is 13.8 Å². The first kappa shape index (κ1) is 14.0. The molecule has 0 unspecified atom stereocenters. The molecular weight excluding hydrogens is 188 g/mol. The Morgan fingerprint density at radius 1 is 1.40 bits per heavy atom. The maximum absolute atomic E-state index is 4.12. The summed E-state index contributed by atoms with van der Waals surface area (Å²) in [6.45, 7) is 9.58. The van der Waals surface area contributed by atoms with E-state index in [1.54, 1.807) is 7.05 Å². The smallest absolute Gasteiger partial charge is 0.191 e. The van der Waals surface area contributed by atoms with Gasteiger partial charge in [0, 0.05) is 25.7 Å². The third-order valence-electron chi connectivity index (χ3n) is 2.54. The van der Waals surface area contributed by atoms with Crippen molar-refractivity contribution in [3.8, 4) is 0 Å². The molecule has 0 aromatic rings. The number of aliphatic imine (C=N–C) groups is 1. The molecule has 0 aliphatic heterocycles. The van der Waals surface area contributed by atoms with Crippen LogP contribution in [0.4, 0.5) is 0 Å². The molecule has 0 atom stereocenters. The van der Waals surface area contributed by atoms with Gasteiger partial charge < -0.3 is 15.5 Å². The normalized spacial score (nSPS) is 12.8. The molecule has 0 fully saturated rings. The summed E-state index contributed by atoms with van der Waals surface area (Å²) in [6.07, 6.45) is 1.81. The molecule has 0 spiro atoms. The van der Waals surface area contributed by atoms with Crippen molar-refractivity contribution < 1.29 is 0 Å². The van der Waals surface area contributed by atoms with Crippen molar-refractivity contribution >= 4 is 5.96 Å². The second-order valence-corrected chi connectivity index (χ2v) is 4.30. The summed E-state index contributed by atoms with van der Waals surface area (Å²) in [6, 6.07) is 0. The van der Waals surface area contributed by atoms with Gasteiger partial charge in [0.05, 0.1) is 0 Å². The van der Waals surface area contributed by atoms with Gasteiger partial charge in [-0.25, -0.2) is 0 Å². The summed E-state index contributed by atoms with van der Waals surface area (Å²) in [5.41, 5.74) is 0.103. The van der Waals surface area contributed by atoms with Crippen molar-refractivity contribution in [2.75, 3.05) is 34.2 Å². The standard InChI is InChI=1S/C11H24N4/c1-7-8-13-10(12-4)14-9-11(2,3)15(5)6/h7H,1,8-9H2,2-6H3,(H2,12,13,14). The average Bonchev–Trinajstić information content (AvgIpc) is 2.18. The summed E-state index contributed by atoms with van der Waals surface area (Å²) in [7, 11) is 5.91. The molecule has 0 heterocycles. The van der Waals surface area contributed by atoms with Crippen molar-refractivity contribution in [1.82, 2.24) is 15.5 Å². The van der Waals surface area contributed by atoms with Crippen LogP contribution in [0.2, 0.25) is 0 Å². The first-order valence-electron chi connectivity index (χ1n) is 5.17. The second-order valence-electron chi connectivity index (χ2n) is 4.30. The Labute approximate surface area is 93.5 Å². The number of nitrogens with one attached hydrogen (secondary N) is 2. The van der Waals surface area contributed by atoms with Gasteiger partial charge in [0.15, 0.2) is 5.96 Å².